The minimum Gasteiger partial charge on any atom is -0.369 e. The number of aromatic nitrogens is 1. The van der Waals surface area contributed by atoms with Crippen LogP contribution in [0.3, 0.4) is 0 Å². The van der Waals surface area contributed by atoms with Gasteiger partial charge in [0.05, 0.1) is 28.7 Å². The van der Waals surface area contributed by atoms with Crippen LogP contribution in [0.15, 0.2) is 72.1 Å². The molecular formula is C23H15ClF7N3O. The lowest BCUT2D eigenvalue weighted by atomic mass is 9.89. The summed E-state index contributed by atoms with van der Waals surface area (Å²) < 4.78 is 94.7. The monoisotopic (exact) mass is 517 g/mol. The first kappa shape index (κ1) is 24.9. The van der Waals surface area contributed by atoms with E-state index in [4.69, 9.17) is 11.6 Å². The maximum Gasteiger partial charge on any atom is 0.431 e. The summed E-state index contributed by atoms with van der Waals surface area (Å²) in [6, 6.07) is 11.9. The first-order valence-electron chi connectivity index (χ1n) is 10.0. The van der Waals surface area contributed by atoms with Crippen LogP contribution < -0.4 is 5.01 Å². The highest BCUT2D eigenvalue weighted by molar-refractivity contribution is 6.33. The van der Waals surface area contributed by atoms with E-state index in [1.54, 1.807) is 0 Å². The highest BCUT2D eigenvalue weighted by Crippen LogP contribution is 2.49. The number of nitrogens with zero attached hydrogens (tertiary/aromatic N) is 3. The molecule has 0 spiro atoms. The van der Waals surface area contributed by atoms with Crippen molar-refractivity contribution in [2.45, 2.75) is 30.4 Å². The van der Waals surface area contributed by atoms with Gasteiger partial charge in [0.1, 0.15) is 5.82 Å². The molecule has 4 nitrogen and oxygen atoms in total. The zero-order chi connectivity index (χ0) is 25.6. The second-order valence-electron chi connectivity index (χ2n) is 7.78. The topological polar surface area (TPSA) is 48.7 Å². The molecule has 0 aliphatic carbocycles. The molecule has 0 saturated heterocycles. The van der Waals surface area contributed by atoms with Crippen molar-refractivity contribution in [3.63, 3.8) is 0 Å². The number of benzene rings is 2. The van der Waals surface area contributed by atoms with E-state index in [9.17, 15) is 35.8 Å². The molecule has 1 aliphatic heterocycles. The van der Waals surface area contributed by atoms with Gasteiger partial charge in [-0.3, -0.25) is 9.99 Å². The summed E-state index contributed by atoms with van der Waals surface area (Å²) in [5, 5.41) is 14.5. The number of rotatable bonds is 4. The quantitative estimate of drug-likeness (QED) is 0.392. The molecule has 1 aromatic heterocycles. The van der Waals surface area contributed by atoms with Gasteiger partial charge in [-0.25, -0.2) is 4.39 Å². The molecular weight excluding hydrogens is 503 g/mol. The number of halogens is 8. The first-order chi connectivity index (χ1) is 16.3. The number of alkyl halides is 6. The van der Waals surface area contributed by atoms with E-state index < -0.39 is 41.9 Å². The molecule has 12 heteroatoms. The lowest BCUT2D eigenvalue weighted by Crippen LogP contribution is -2.62. The third-order valence-electron chi connectivity index (χ3n) is 5.58. The van der Waals surface area contributed by atoms with Crippen molar-refractivity contribution in [1.82, 2.24) is 4.98 Å². The zero-order valence-electron chi connectivity index (χ0n) is 17.4. The molecule has 1 unspecified atom stereocenters. The Balaban J connectivity index is 1.79. The van der Waals surface area contributed by atoms with Crippen LogP contribution in [0.4, 0.5) is 36.4 Å². The minimum atomic E-state index is -6.07. The van der Waals surface area contributed by atoms with E-state index in [2.05, 4.69) is 10.1 Å². The standard InChI is InChI=1S/C23H15ClF7N3O/c24-17-3-1-2-4-18(17)34-19(10-20(33-34)21(35,22(26,27)28)23(29,30)31)14-7-5-13(6-8-14)15-9-16(25)12-32-11-15/h1-9,11-12,19,35H,10H2. The van der Waals surface area contributed by atoms with Crippen LogP contribution in [-0.4, -0.2) is 33.8 Å². The van der Waals surface area contributed by atoms with Crippen molar-refractivity contribution >= 4 is 23.0 Å². The molecule has 0 amide bonds. The summed E-state index contributed by atoms with van der Waals surface area (Å²) in [4.78, 5) is 3.75. The van der Waals surface area contributed by atoms with Gasteiger partial charge >= 0.3 is 12.4 Å². The Morgan fingerprint density at radius 2 is 1.51 bits per heavy atom. The molecule has 0 saturated carbocycles. The molecule has 3 aromatic rings. The van der Waals surface area contributed by atoms with E-state index in [0.29, 0.717) is 16.7 Å². The molecule has 35 heavy (non-hydrogen) atoms. The van der Waals surface area contributed by atoms with E-state index in [-0.39, 0.29) is 10.7 Å². The average Bonchev–Trinajstić information content (AvgIpc) is 3.23. The summed E-state index contributed by atoms with van der Waals surface area (Å²) in [5.41, 5.74) is -5.37. The van der Waals surface area contributed by atoms with Crippen LogP contribution in [0.25, 0.3) is 11.1 Å². The summed E-state index contributed by atoms with van der Waals surface area (Å²) in [7, 11) is 0. The van der Waals surface area contributed by atoms with Crippen molar-refractivity contribution in [2.75, 3.05) is 5.01 Å². The summed E-state index contributed by atoms with van der Waals surface area (Å²) >= 11 is 6.16. The Kier molecular flexibility index (Phi) is 6.26. The van der Waals surface area contributed by atoms with Crippen molar-refractivity contribution in [2.24, 2.45) is 5.10 Å². The second-order valence-corrected chi connectivity index (χ2v) is 8.19. The fraction of sp³-hybridized carbons (Fsp3) is 0.217. The van der Waals surface area contributed by atoms with Crippen LogP contribution in [-0.2, 0) is 0 Å². The number of hydrazone groups is 1. The molecule has 0 bridgehead atoms. The summed E-state index contributed by atoms with van der Waals surface area (Å²) in [6.45, 7) is 0. The predicted octanol–water partition coefficient (Wildman–Crippen LogP) is 6.70. The Hall–Kier alpha value is -3.18. The van der Waals surface area contributed by atoms with Gasteiger partial charge < -0.3 is 5.11 Å². The van der Waals surface area contributed by atoms with Crippen LogP contribution in [0.1, 0.15) is 18.0 Å². The van der Waals surface area contributed by atoms with Crippen LogP contribution >= 0.6 is 11.6 Å². The third-order valence-corrected chi connectivity index (χ3v) is 5.90. The van der Waals surface area contributed by atoms with Gasteiger partial charge in [0.2, 0.25) is 0 Å². The van der Waals surface area contributed by atoms with Gasteiger partial charge in [0, 0.05) is 18.2 Å². The Labute approximate surface area is 199 Å². The number of para-hydroxylation sites is 1. The fourth-order valence-corrected chi connectivity index (χ4v) is 4.03. The van der Waals surface area contributed by atoms with E-state index in [0.717, 1.165) is 11.2 Å². The third kappa shape index (κ3) is 4.45. The Bertz CT molecular complexity index is 1240. The highest BCUT2D eigenvalue weighted by atomic mass is 35.5. The van der Waals surface area contributed by atoms with E-state index in [1.807, 2.05) is 0 Å². The predicted molar refractivity (Wildman–Crippen MR) is 115 cm³/mol. The van der Waals surface area contributed by atoms with Crippen molar-refractivity contribution in [3.05, 3.63) is 83.4 Å². The number of aliphatic hydroxyl groups is 1. The molecule has 1 atom stereocenters. The van der Waals surface area contributed by atoms with Crippen molar-refractivity contribution in [3.8, 4) is 11.1 Å². The number of hydrogen-bond acceptors (Lipinski definition) is 4. The van der Waals surface area contributed by atoms with Gasteiger partial charge in [-0.2, -0.15) is 31.4 Å². The maximum atomic E-state index is 13.5. The maximum absolute atomic E-state index is 13.5. The first-order valence-corrected chi connectivity index (χ1v) is 10.4. The van der Waals surface area contributed by atoms with Crippen LogP contribution in [0.2, 0.25) is 5.02 Å². The normalized spacial score (nSPS) is 17.0. The van der Waals surface area contributed by atoms with Gasteiger partial charge in [0.15, 0.2) is 0 Å². The number of anilines is 1. The molecule has 1 N–H and O–H groups in total. The minimum absolute atomic E-state index is 0.0347. The zero-order valence-corrected chi connectivity index (χ0v) is 18.2. The average molecular weight is 518 g/mol. The Morgan fingerprint density at radius 3 is 2.09 bits per heavy atom. The molecule has 1 aliphatic rings. The summed E-state index contributed by atoms with van der Waals surface area (Å²) in [6.07, 6.45) is -10.6. The van der Waals surface area contributed by atoms with E-state index >= 15 is 0 Å². The highest BCUT2D eigenvalue weighted by Gasteiger charge is 2.74. The largest absolute Gasteiger partial charge is 0.431 e. The Morgan fingerprint density at radius 1 is 0.886 bits per heavy atom. The lowest BCUT2D eigenvalue weighted by molar-refractivity contribution is -0.338. The van der Waals surface area contributed by atoms with Gasteiger partial charge in [0.25, 0.3) is 5.60 Å². The van der Waals surface area contributed by atoms with Gasteiger partial charge in [-0.1, -0.05) is 48.0 Å². The van der Waals surface area contributed by atoms with Crippen molar-refractivity contribution in [1.29, 1.82) is 0 Å². The number of pyridine rings is 1. The lowest BCUT2D eigenvalue weighted by Gasteiger charge is -2.32. The van der Waals surface area contributed by atoms with Crippen molar-refractivity contribution < 1.29 is 35.8 Å². The smallest absolute Gasteiger partial charge is 0.369 e. The van der Waals surface area contributed by atoms with Crippen LogP contribution in [0.5, 0.6) is 0 Å². The SMILES string of the molecule is OC(C1=NN(c2ccccc2Cl)C(c2ccc(-c3cncc(F)c3)cc2)C1)(C(F)(F)F)C(F)(F)F. The number of hydrogen-bond donors (Lipinski definition) is 1. The molecule has 4 rings (SSSR count). The molecule has 184 valence electrons. The molecule has 2 heterocycles. The fourth-order valence-electron chi connectivity index (χ4n) is 3.80. The van der Waals surface area contributed by atoms with E-state index in [1.165, 1.54) is 60.8 Å². The molecule has 0 fully saturated rings. The molecule has 0 radical (unpaired) electrons. The molecule has 2 aromatic carbocycles. The van der Waals surface area contributed by atoms with Gasteiger partial charge in [-0.05, 0) is 29.3 Å². The second kappa shape index (κ2) is 8.80. The van der Waals surface area contributed by atoms with Gasteiger partial charge in [-0.15, -0.1) is 0 Å². The van der Waals surface area contributed by atoms with Crippen LogP contribution in [0, 0.1) is 5.82 Å². The summed E-state index contributed by atoms with van der Waals surface area (Å²) in [5.74, 6) is -0.580.